The molecule has 1 unspecified atom stereocenters. The van der Waals surface area contributed by atoms with E-state index in [9.17, 15) is 0 Å². The minimum Gasteiger partial charge on any atom is -0.304 e. The second-order valence-electron chi connectivity index (χ2n) is 13.6. The van der Waals surface area contributed by atoms with Crippen LogP contribution in [-0.2, 0) is 6.42 Å². The van der Waals surface area contributed by atoms with Gasteiger partial charge >= 0.3 is 0 Å². The van der Waals surface area contributed by atoms with E-state index >= 15 is 0 Å². The molecule has 9 aromatic rings. The molecule has 0 bridgehead atoms. The maximum atomic E-state index is 5.30. The van der Waals surface area contributed by atoms with Crippen LogP contribution in [0.25, 0.3) is 72.5 Å². The Morgan fingerprint density at radius 2 is 1.19 bits per heavy atom. The SMILES string of the molecule is c1ccc(-c2cc3c4ccccc4n(-c4cnc(-c5ccc(C6CCc7ccccc7-c7ccccc76)cc5)nc4)c3c(-c3ccccc3)n2)cc1. The summed E-state index contributed by atoms with van der Waals surface area (Å²) in [4.78, 5) is 15.2. The Labute approximate surface area is 302 Å². The lowest BCUT2D eigenvalue weighted by molar-refractivity contribution is 0.726. The number of nitrogens with zero attached hydrogens (tertiary/aromatic N) is 4. The molecule has 0 saturated heterocycles. The first-order valence-electron chi connectivity index (χ1n) is 18.0. The summed E-state index contributed by atoms with van der Waals surface area (Å²) in [6.45, 7) is 0. The van der Waals surface area contributed by atoms with Crippen LogP contribution in [0.4, 0.5) is 0 Å². The molecule has 1 aliphatic carbocycles. The van der Waals surface area contributed by atoms with Crippen LogP contribution < -0.4 is 0 Å². The zero-order valence-corrected chi connectivity index (χ0v) is 28.5. The number of fused-ring (bicyclic) bond motifs is 6. The van der Waals surface area contributed by atoms with Crippen molar-refractivity contribution in [3.63, 3.8) is 0 Å². The van der Waals surface area contributed by atoms with Crippen molar-refractivity contribution in [3.05, 3.63) is 193 Å². The van der Waals surface area contributed by atoms with Crippen molar-refractivity contribution < 1.29 is 0 Å². The highest BCUT2D eigenvalue weighted by molar-refractivity contribution is 6.14. The topological polar surface area (TPSA) is 43.6 Å². The van der Waals surface area contributed by atoms with Gasteiger partial charge in [0.2, 0.25) is 0 Å². The van der Waals surface area contributed by atoms with Crippen molar-refractivity contribution in [1.82, 2.24) is 19.5 Å². The molecule has 0 saturated carbocycles. The summed E-state index contributed by atoms with van der Waals surface area (Å²) >= 11 is 0. The minimum absolute atomic E-state index is 0.325. The van der Waals surface area contributed by atoms with Crippen molar-refractivity contribution in [1.29, 1.82) is 0 Å². The lowest BCUT2D eigenvalue weighted by atomic mass is 9.85. The van der Waals surface area contributed by atoms with Gasteiger partial charge in [-0.25, -0.2) is 15.0 Å². The van der Waals surface area contributed by atoms with Crippen LogP contribution in [0.2, 0.25) is 0 Å². The van der Waals surface area contributed by atoms with Crippen molar-refractivity contribution in [2.75, 3.05) is 0 Å². The van der Waals surface area contributed by atoms with Gasteiger partial charge in [0.15, 0.2) is 5.82 Å². The summed E-state index contributed by atoms with van der Waals surface area (Å²) in [6, 6.07) is 58.3. The van der Waals surface area contributed by atoms with Crippen molar-refractivity contribution in [2.45, 2.75) is 18.8 Å². The molecule has 1 atom stereocenters. The highest BCUT2D eigenvalue weighted by Gasteiger charge is 2.24. The number of benzene rings is 6. The molecule has 0 spiro atoms. The average Bonchev–Trinajstić information content (AvgIpc) is 3.46. The molecule has 3 aromatic heterocycles. The molecule has 0 amide bonds. The van der Waals surface area contributed by atoms with Crippen LogP contribution in [0.15, 0.2) is 176 Å². The second-order valence-corrected chi connectivity index (χ2v) is 13.6. The van der Waals surface area contributed by atoms with E-state index < -0.39 is 0 Å². The number of aromatic nitrogens is 4. The van der Waals surface area contributed by atoms with E-state index in [1.165, 1.54) is 27.8 Å². The van der Waals surface area contributed by atoms with Gasteiger partial charge in [0.05, 0.1) is 40.5 Å². The van der Waals surface area contributed by atoms with E-state index in [0.717, 1.165) is 68.4 Å². The van der Waals surface area contributed by atoms with Crippen LogP contribution in [0, 0.1) is 0 Å². The highest BCUT2D eigenvalue weighted by Crippen LogP contribution is 2.42. The van der Waals surface area contributed by atoms with Gasteiger partial charge in [0, 0.05) is 33.4 Å². The summed E-state index contributed by atoms with van der Waals surface area (Å²) in [5.74, 6) is 1.03. The number of pyridine rings is 1. The number of hydrogen-bond acceptors (Lipinski definition) is 3. The third-order valence-electron chi connectivity index (χ3n) is 10.6. The monoisotopic (exact) mass is 666 g/mol. The molecule has 0 radical (unpaired) electrons. The number of hydrogen-bond donors (Lipinski definition) is 0. The zero-order chi connectivity index (χ0) is 34.4. The van der Waals surface area contributed by atoms with Crippen LogP contribution in [-0.4, -0.2) is 19.5 Å². The van der Waals surface area contributed by atoms with Crippen molar-refractivity contribution >= 4 is 21.8 Å². The van der Waals surface area contributed by atoms with E-state index in [4.69, 9.17) is 15.0 Å². The van der Waals surface area contributed by atoms with Crippen LogP contribution >= 0.6 is 0 Å². The Morgan fingerprint density at radius 1 is 0.538 bits per heavy atom. The molecule has 3 heterocycles. The first-order valence-corrected chi connectivity index (χ1v) is 18.0. The summed E-state index contributed by atoms with van der Waals surface area (Å²) in [5, 5.41) is 2.31. The summed E-state index contributed by atoms with van der Waals surface area (Å²) in [6.07, 6.45) is 6.02. The maximum absolute atomic E-state index is 5.30. The molecule has 52 heavy (non-hydrogen) atoms. The van der Waals surface area contributed by atoms with Crippen LogP contribution in [0.5, 0.6) is 0 Å². The summed E-state index contributed by atoms with van der Waals surface area (Å²) in [5.41, 5.74) is 14.9. The van der Waals surface area contributed by atoms with Crippen LogP contribution in [0.3, 0.4) is 0 Å². The number of aryl methyl sites for hydroxylation is 1. The van der Waals surface area contributed by atoms with E-state index in [-0.39, 0.29) is 0 Å². The molecular formula is C48H34N4. The first kappa shape index (κ1) is 30.2. The van der Waals surface area contributed by atoms with Gasteiger partial charge in [-0.1, -0.05) is 152 Å². The molecule has 4 heteroatoms. The summed E-state index contributed by atoms with van der Waals surface area (Å²) in [7, 11) is 0. The number of para-hydroxylation sites is 1. The quantitative estimate of drug-likeness (QED) is 0.184. The minimum atomic E-state index is 0.325. The largest absolute Gasteiger partial charge is 0.304 e. The molecule has 0 fully saturated rings. The molecule has 6 aromatic carbocycles. The number of rotatable bonds is 5. The second kappa shape index (κ2) is 12.6. The molecule has 1 aliphatic rings. The lowest BCUT2D eigenvalue weighted by Crippen LogP contribution is -2.02. The normalized spacial score (nSPS) is 13.8. The van der Waals surface area contributed by atoms with E-state index in [2.05, 4.69) is 156 Å². The van der Waals surface area contributed by atoms with Crippen LogP contribution in [0.1, 0.15) is 29.0 Å². The Balaban J connectivity index is 1.05. The fourth-order valence-corrected chi connectivity index (χ4v) is 8.11. The lowest BCUT2D eigenvalue weighted by Gasteiger charge is -2.19. The molecule has 0 aliphatic heterocycles. The molecule has 10 rings (SSSR count). The fraction of sp³-hybridized carbons (Fsp3) is 0.0625. The van der Waals surface area contributed by atoms with Crippen molar-refractivity contribution in [3.8, 4) is 50.7 Å². The average molecular weight is 667 g/mol. The van der Waals surface area contributed by atoms with Gasteiger partial charge in [-0.15, -0.1) is 0 Å². The van der Waals surface area contributed by atoms with Gasteiger partial charge in [0.1, 0.15) is 0 Å². The molecular weight excluding hydrogens is 633 g/mol. The van der Waals surface area contributed by atoms with E-state index in [1.54, 1.807) is 0 Å². The molecule has 4 nitrogen and oxygen atoms in total. The third kappa shape index (κ3) is 5.11. The zero-order valence-electron chi connectivity index (χ0n) is 28.5. The predicted molar refractivity (Wildman–Crippen MR) is 213 cm³/mol. The smallest absolute Gasteiger partial charge is 0.159 e. The predicted octanol–water partition coefficient (Wildman–Crippen LogP) is 11.7. The van der Waals surface area contributed by atoms with Gasteiger partial charge in [-0.05, 0) is 52.8 Å². The van der Waals surface area contributed by atoms with E-state index in [0.29, 0.717) is 11.7 Å². The standard InChI is InChI=1S/C48H34N4/c1-3-14-34(15-4-1)44-29-43-42-21-11-12-22-45(42)52(47(43)46(51-44)35-16-5-2-6-17-35)37-30-49-48(50-31-37)36-25-23-33(24-26-36)39-28-27-32-13-7-8-18-38(32)40-19-9-10-20-41(39)40/h1-26,29-31,39H,27-28H2. The fourth-order valence-electron chi connectivity index (χ4n) is 8.11. The highest BCUT2D eigenvalue weighted by atomic mass is 15.0. The Morgan fingerprint density at radius 3 is 1.98 bits per heavy atom. The van der Waals surface area contributed by atoms with E-state index in [1.807, 2.05) is 24.5 Å². The van der Waals surface area contributed by atoms with Crippen molar-refractivity contribution in [2.24, 2.45) is 0 Å². The third-order valence-corrected chi connectivity index (χ3v) is 10.6. The Kier molecular flexibility index (Phi) is 7.31. The summed E-state index contributed by atoms with van der Waals surface area (Å²) < 4.78 is 2.27. The first-order chi connectivity index (χ1) is 25.8. The van der Waals surface area contributed by atoms with Gasteiger partial charge in [-0.3, -0.25) is 0 Å². The van der Waals surface area contributed by atoms with Gasteiger partial charge in [0.25, 0.3) is 0 Å². The molecule has 0 N–H and O–H groups in total. The van der Waals surface area contributed by atoms with Gasteiger partial charge < -0.3 is 4.57 Å². The Bertz CT molecular complexity index is 2710. The molecule has 246 valence electrons. The maximum Gasteiger partial charge on any atom is 0.159 e. The van der Waals surface area contributed by atoms with Gasteiger partial charge in [-0.2, -0.15) is 0 Å². The Hall–Kier alpha value is -6.65.